The van der Waals surface area contributed by atoms with E-state index in [9.17, 15) is 4.79 Å². The number of amides is 1. The van der Waals surface area contributed by atoms with Gasteiger partial charge in [0.2, 0.25) is 0 Å². The van der Waals surface area contributed by atoms with E-state index in [0.717, 1.165) is 27.7 Å². The summed E-state index contributed by atoms with van der Waals surface area (Å²) in [4.78, 5) is 21.2. The first-order chi connectivity index (χ1) is 19.1. The maximum Gasteiger partial charge on any atom is 0.412 e. The average molecular weight is 522 g/mol. The van der Waals surface area contributed by atoms with Crippen LogP contribution in [-0.4, -0.2) is 40.0 Å². The molecule has 0 aliphatic carbocycles. The number of rotatable bonds is 8. The monoisotopic (exact) mass is 521 g/mol. The highest BCUT2D eigenvalue weighted by Gasteiger charge is 2.18. The molecule has 11 heteroatoms. The van der Waals surface area contributed by atoms with Gasteiger partial charge in [-0.25, -0.2) is 19.3 Å². The van der Waals surface area contributed by atoms with Gasteiger partial charge in [0, 0.05) is 36.1 Å². The molecule has 0 aliphatic rings. The molecule has 0 atom stereocenters. The highest BCUT2D eigenvalue weighted by Crippen LogP contribution is 2.30. The van der Waals surface area contributed by atoms with Gasteiger partial charge in [0.1, 0.15) is 17.7 Å². The summed E-state index contributed by atoms with van der Waals surface area (Å²) in [6.45, 7) is 2.79. The van der Waals surface area contributed by atoms with Crippen molar-refractivity contribution in [1.82, 2.24) is 33.9 Å². The summed E-state index contributed by atoms with van der Waals surface area (Å²) in [5, 5.41) is 16.2. The van der Waals surface area contributed by atoms with Crippen LogP contribution in [0.4, 0.5) is 22.0 Å². The second-order valence-corrected chi connectivity index (χ2v) is 9.12. The van der Waals surface area contributed by atoms with Crippen molar-refractivity contribution in [2.45, 2.75) is 26.5 Å². The van der Waals surface area contributed by atoms with E-state index in [1.54, 1.807) is 27.7 Å². The number of ether oxygens (including phenoxy) is 1. The largest absolute Gasteiger partial charge is 0.441 e. The average Bonchev–Trinajstić information content (AvgIpc) is 3.64. The third-order valence-corrected chi connectivity index (χ3v) is 6.60. The van der Waals surface area contributed by atoms with E-state index in [1.165, 1.54) is 11.9 Å². The fourth-order valence-electron chi connectivity index (χ4n) is 4.63. The van der Waals surface area contributed by atoms with E-state index in [-0.39, 0.29) is 6.61 Å². The van der Waals surface area contributed by atoms with Crippen molar-refractivity contribution < 1.29 is 9.53 Å². The highest BCUT2D eigenvalue weighted by molar-refractivity contribution is 5.91. The molecule has 2 N–H and O–H groups in total. The van der Waals surface area contributed by atoms with Crippen molar-refractivity contribution in [2.75, 3.05) is 10.6 Å². The number of hydrogen-bond acceptors (Lipinski definition) is 7. The first-order valence-electron chi connectivity index (χ1n) is 12.6. The lowest BCUT2D eigenvalue weighted by atomic mass is 10.2. The van der Waals surface area contributed by atoms with Crippen LogP contribution in [0.3, 0.4) is 0 Å². The molecule has 0 spiro atoms. The van der Waals surface area contributed by atoms with Gasteiger partial charge in [0.15, 0.2) is 12.4 Å². The van der Waals surface area contributed by atoms with Gasteiger partial charge in [0.25, 0.3) is 0 Å². The topological polar surface area (TPSA) is 116 Å². The molecule has 6 aromatic rings. The van der Waals surface area contributed by atoms with Crippen LogP contribution in [0.15, 0.2) is 79.6 Å². The number of hydrogen-bond donors (Lipinski definition) is 2. The second kappa shape index (κ2) is 10.3. The minimum atomic E-state index is -0.566. The standard InChI is InChI=1S/C28H27N9O2/c1-3-22-23(34-28(38)39-17-25-29-11-12-35(25)2)16-37-26(22)27(30-18-32-37)33-21-9-10-24-20(13-21)14-31-36(24)15-19-7-5-4-6-8-19/h4-14,16,18H,3,15,17H2,1-2H3,(H,34,38)(H,30,32,33). The molecular weight excluding hydrogens is 494 g/mol. The predicted octanol–water partition coefficient (Wildman–Crippen LogP) is 4.92. The predicted molar refractivity (Wildman–Crippen MR) is 148 cm³/mol. The molecule has 0 saturated heterocycles. The Bertz CT molecular complexity index is 1770. The Hall–Kier alpha value is -5.19. The van der Waals surface area contributed by atoms with Crippen LogP contribution in [0.1, 0.15) is 23.9 Å². The molecule has 4 heterocycles. The van der Waals surface area contributed by atoms with Gasteiger partial charge in [-0.2, -0.15) is 10.2 Å². The fourth-order valence-corrected chi connectivity index (χ4v) is 4.63. The molecule has 39 heavy (non-hydrogen) atoms. The molecule has 2 aromatic carbocycles. The van der Waals surface area contributed by atoms with Crippen LogP contribution in [0, 0.1) is 0 Å². The molecule has 0 radical (unpaired) electrons. The summed E-state index contributed by atoms with van der Waals surface area (Å²) in [5.74, 6) is 1.29. The van der Waals surface area contributed by atoms with Crippen LogP contribution in [0.2, 0.25) is 0 Å². The summed E-state index contributed by atoms with van der Waals surface area (Å²) in [6, 6.07) is 16.4. The lowest BCUT2D eigenvalue weighted by molar-refractivity contribution is 0.151. The maximum absolute atomic E-state index is 12.5. The normalized spacial score (nSPS) is 11.2. The number of nitrogens with one attached hydrogen (secondary N) is 2. The Balaban J connectivity index is 1.23. The molecule has 0 bridgehead atoms. The van der Waals surface area contributed by atoms with E-state index in [2.05, 4.69) is 49.0 Å². The Morgan fingerprint density at radius 1 is 1.08 bits per heavy atom. The minimum Gasteiger partial charge on any atom is -0.441 e. The van der Waals surface area contributed by atoms with Gasteiger partial charge < -0.3 is 14.6 Å². The molecule has 1 amide bonds. The Kier molecular flexibility index (Phi) is 6.37. The minimum absolute atomic E-state index is 0.0706. The second-order valence-electron chi connectivity index (χ2n) is 9.12. The van der Waals surface area contributed by atoms with Crippen molar-refractivity contribution in [1.29, 1.82) is 0 Å². The number of aromatic nitrogens is 7. The number of anilines is 3. The summed E-state index contributed by atoms with van der Waals surface area (Å²) >= 11 is 0. The van der Waals surface area contributed by atoms with Gasteiger partial charge in [0.05, 0.1) is 30.1 Å². The smallest absolute Gasteiger partial charge is 0.412 e. The molecule has 0 unspecified atom stereocenters. The van der Waals surface area contributed by atoms with Gasteiger partial charge in [-0.15, -0.1) is 0 Å². The third kappa shape index (κ3) is 4.89. The SMILES string of the molecule is CCc1c(NC(=O)OCc2nccn2C)cn2ncnc(Nc3ccc4c(cnn4Cc4ccccc4)c3)c12. The summed E-state index contributed by atoms with van der Waals surface area (Å²) in [5.41, 5.74) is 5.39. The van der Waals surface area contributed by atoms with Crippen molar-refractivity contribution in [3.05, 3.63) is 96.6 Å². The van der Waals surface area contributed by atoms with Crippen LogP contribution >= 0.6 is 0 Å². The molecular formula is C28H27N9O2. The third-order valence-electron chi connectivity index (χ3n) is 6.60. The lowest BCUT2D eigenvalue weighted by Gasteiger charge is -2.10. The number of nitrogens with zero attached hydrogens (tertiary/aromatic N) is 7. The quantitative estimate of drug-likeness (QED) is 0.292. The van der Waals surface area contributed by atoms with Crippen molar-refractivity contribution in [2.24, 2.45) is 7.05 Å². The summed E-state index contributed by atoms with van der Waals surface area (Å²) < 4.78 is 10.9. The fraction of sp³-hybridized carbons (Fsp3) is 0.179. The molecule has 196 valence electrons. The zero-order chi connectivity index (χ0) is 26.8. The number of benzene rings is 2. The number of carbonyl (C=O) groups is 1. The van der Waals surface area contributed by atoms with Crippen molar-refractivity contribution in [3.63, 3.8) is 0 Å². The highest BCUT2D eigenvalue weighted by atomic mass is 16.5. The van der Waals surface area contributed by atoms with E-state index in [0.29, 0.717) is 30.3 Å². The maximum atomic E-state index is 12.5. The number of aryl methyl sites for hydroxylation is 2. The van der Waals surface area contributed by atoms with Crippen LogP contribution in [0.25, 0.3) is 16.4 Å². The van der Waals surface area contributed by atoms with Crippen LogP contribution in [0.5, 0.6) is 0 Å². The molecule has 0 saturated carbocycles. The van der Waals surface area contributed by atoms with Crippen molar-refractivity contribution in [3.8, 4) is 0 Å². The van der Waals surface area contributed by atoms with Gasteiger partial charge >= 0.3 is 6.09 Å². The van der Waals surface area contributed by atoms with E-state index >= 15 is 0 Å². The molecule has 4 aromatic heterocycles. The van der Waals surface area contributed by atoms with Gasteiger partial charge in [-0.05, 0) is 30.2 Å². The van der Waals surface area contributed by atoms with Crippen molar-refractivity contribution >= 4 is 39.7 Å². The molecule has 0 aliphatic heterocycles. The molecule has 0 fully saturated rings. The number of imidazole rings is 1. The van der Waals surface area contributed by atoms with E-state index in [1.807, 2.05) is 55.2 Å². The Morgan fingerprint density at radius 3 is 2.74 bits per heavy atom. The van der Waals surface area contributed by atoms with Crippen LogP contribution in [-0.2, 0) is 31.4 Å². The zero-order valence-corrected chi connectivity index (χ0v) is 21.6. The Labute approximate surface area is 224 Å². The Morgan fingerprint density at radius 2 is 1.95 bits per heavy atom. The zero-order valence-electron chi connectivity index (χ0n) is 21.6. The lowest BCUT2D eigenvalue weighted by Crippen LogP contribution is -2.15. The van der Waals surface area contributed by atoms with Gasteiger partial charge in [-0.1, -0.05) is 37.3 Å². The van der Waals surface area contributed by atoms with Gasteiger partial charge in [-0.3, -0.25) is 10.00 Å². The van der Waals surface area contributed by atoms with E-state index in [4.69, 9.17) is 4.74 Å². The summed E-state index contributed by atoms with van der Waals surface area (Å²) in [7, 11) is 1.85. The first-order valence-corrected chi connectivity index (χ1v) is 12.6. The number of carbonyl (C=O) groups excluding carboxylic acids is 1. The first kappa shape index (κ1) is 24.2. The van der Waals surface area contributed by atoms with Crippen LogP contribution < -0.4 is 10.6 Å². The summed E-state index contributed by atoms with van der Waals surface area (Å²) in [6.07, 6.45) is 8.66. The number of fused-ring (bicyclic) bond motifs is 2. The molecule has 6 rings (SSSR count). The van der Waals surface area contributed by atoms with E-state index < -0.39 is 6.09 Å². The molecule has 11 nitrogen and oxygen atoms in total.